The van der Waals surface area contributed by atoms with Gasteiger partial charge in [0.25, 0.3) is 0 Å². The lowest BCUT2D eigenvalue weighted by Crippen LogP contribution is -2.07. The van der Waals surface area contributed by atoms with Gasteiger partial charge >= 0.3 is 20.2 Å². The molecule has 0 N–H and O–H groups in total. The third kappa shape index (κ3) is 22.1. The number of carbonyl (C=O) groups is 2. The zero-order valence-corrected chi connectivity index (χ0v) is 30.8. The molecule has 0 saturated heterocycles. The van der Waals surface area contributed by atoms with Crippen LogP contribution < -0.4 is 9.47 Å². The molecule has 2 aromatic carbocycles. The van der Waals surface area contributed by atoms with E-state index in [1.807, 2.05) is 0 Å². The highest BCUT2D eigenvalue weighted by Crippen LogP contribution is 2.28. The maximum atomic E-state index is 12.3. The van der Waals surface area contributed by atoms with Crippen molar-refractivity contribution in [2.45, 2.75) is 168 Å². The van der Waals surface area contributed by atoms with Gasteiger partial charge in [0.1, 0.15) is 24.7 Å². The molecule has 0 spiro atoms. The predicted octanol–water partition coefficient (Wildman–Crippen LogP) is 12.5. The molecule has 0 radical (unpaired) electrons. The maximum absolute atomic E-state index is 12.3. The molecule has 0 atom stereocenters. The number of hydrogen-bond acceptors (Lipinski definition) is 7. The van der Waals surface area contributed by atoms with Crippen LogP contribution in [0.3, 0.4) is 0 Å². The quantitative estimate of drug-likeness (QED) is 0.0350. The summed E-state index contributed by atoms with van der Waals surface area (Å²) in [6.07, 6.45) is 25.3. The van der Waals surface area contributed by atoms with Gasteiger partial charge in [-0.2, -0.15) is 0 Å². The van der Waals surface area contributed by atoms with E-state index >= 15 is 0 Å². The van der Waals surface area contributed by atoms with Gasteiger partial charge in [-0.25, -0.2) is 0 Å². The Morgan fingerprint density at radius 1 is 0.458 bits per heavy atom. The van der Waals surface area contributed by atoms with Crippen LogP contribution in [0.15, 0.2) is 48.5 Å². The van der Waals surface area contributed by atoms with Crippen molar-refractivity contribution in [1.82, 2.24) is 0 Å². The Kier molecular flexibility index (Phi) is 24.5. The summed E-state index contributed by atoms with van der Waals surface area (Å²) in [4.78, 5) is 24.4. The van der Waals surface area contributed by atoms with E-state index in [2.05, 4.69) is 13.8 Å². The number of ether oxygens (including phenoxy) is 2. The van der Waals surface area contributed by atoms with Crippen LogP contribution in [0, 0.1) is 0 Å². The molecule has 0 fully saturated rings. The van der Waals surface area contributed by atoms with Gasteiger partial charge in [0, 0.05) is 17.4 Å². The largest absolute Gasteiger partial charge is 0.698 e. The Morgan fingerprint density at radius 3 is 1.06 bits per heavy atom. The summed E-state index contributed by atoms with van der Waals surface area (Å²) >= 11 is 0. The summed E-state index contributed by atoms with van der Waals surface area (Å²) in [5.41, 5.74) is 1.58. The van der Waals surface area contributed by atoms with Crippen molar-refractivity contribution >= 4 is 20.2 Å². The molecule has 0 aliphatic rings. The van der Waals surface area contributed by atoms with Gasteiger partial charge in [0.2, 0.25) is 0 Å². The van der Waals surface area contributed by atoms with Crippen molar-refractivity contribution in [2.24, 2.45) is 0 Å². The van der Waals surface area contributed by atoms with E-state index in [9.17, 15) is 14.2 Å². The zero-order chi connectivity index (χ0) is 34.5. The minimum Gasteiger partial charge on any atom is -0.427 e. The van der Waals surface area contributed by atoms with Gasteiger partial charge in [0.15, 0.2) is 0 Å². The van der Waals surface area contributed by atoms with Crippen molar-refractivity contribution in [3.05, 3.63) is 59.7 Å². The summed E-state index contributed by atoms with van der Waals surface area (Å²) in [6, 6.07) is 14.0. The second kappa shape index (κ2) is 28.3. The van der Waals surface area contributed by atoms with Crippen molar-refractivity contribution in [1.29, 1.82) is 0 Å². The van der Waals surface area contributed by atoms with Crippen LogP contribution >= 0.6 is 8.25 Å². The maximum Gasteiger partial charge on any atom is 0.698 e. The minimum atomic E-state index is -2.33. The zero-order valence-electron chi connectivity index (χ0n) is 29.9. The van der Waals surface area contributed by atoms with Crippen LogP contribution in [-0.2, 0) is 36.4 Å². The minimum absolute atomic E-state index is 0.107. The summed E-state index contributed by atoms with van der Waals surface area (Å²) < 4.78 is 33.9. The first-order chi connectivity index (χ1) is 23.5. The summed E-state index contributed by atoms with van der Waals surface area (Å²) in [5, 5.41) is 0. The Hall–Kier alpha value is -2.60. The first kappa shape index (κ1) is 41.6. The molecule has 0 aromatic heterocycles. The second-order valence-corrected chi connectivity index (χ2v) is 13.8. The van der Waals surface area contributed by atoms with Crippen molar-refractivity contribution in [3.8, 4) is 11.5 Å². The topological polar surface area (TPSA) is 88.1 Å². The molecule has 0 saturated carbocycles. The highest BCUT2D eigenvalue weighted by atomic mass is 31.1. The van der Waals surface area contributed by atoms with Gasteiger partial charge < -0.3 is 9.47 Å². The molecule has 2 aromatic rings. The lowest BCUT2D eigenvalue weighted by Gasteiger charge is -2.06. The molecule has 0 unspecified atom stereocenters. The lowest BCUT2D eigenvalue weighted by atomic mass is 10.1. The van der Waals surface area contributed by atoms with Crippen molar-refractivity contribution in [3.63, 3.8) is 0 Å². The monoisotopic (exact) mass is 685 g/mol. The molecular formula is C40H62O7P+. The van der Waals surface area contributed by atoms with Gasteiger partial charge in [-0.3, -0.25) is 9.59 Å². The van der Waals surface area contributed by atoms with Crippen molar-refractivity contribution < 1.29 is 32.7 Å². The number of esters is 2. The van der Waals surface area contributed by atoms with E-state index in [1.165, 1.54) is 103 Å². The Labute approximate surface area is 291 Å². The molecule has 48 heavy (non-hydrogen) atoms. The van der Waals surface area contributed by atoms with Crippen LogP contribution in [0.2, 0.25) is 0 Å². The number of unbranched alkanes of at least 4 members (excludes halogenated alkanes) is 18. The fourth-order valence-corrected chi connectivity index (χ4v) is 6.06. The van der Waals surface area contributed by atoms with E-state index in [-0.39, 0.29) is 25.2 Å². The molecule has 8 heteroatoms. The van der Waals surface area contributed by atoms with Crippen LogP contribution in [0.1, 0.15) is 166 Å². The molecule has 0 aliphatic heterocycles. The fraction of sp³-hybridized carbons (Fsp3) is 0.650. The average molecular weight is 686 g/mol. The predicted molar refractivity (Wildman–Crippen MR) is 194 cm³/mol. The fourth-order valence-electron chi connectivity index (χ4n) is 5.48. The second-order valence-electron chi connectivity index (χ2n) is 12.9. The smallest absolute Gasteiger partial charge is 0.427 e. The van der Waals surface area contributed by atoms with Crippen LogP contribution in [0.25, 0.3) is 0 Å². The summed E-state index contributed by atoms with van der Waals surface area (Å²) in [6.45, 7) is 4.69. The Balaban J connectivity index is 1.51. The highest BCUT2D eigenvalue weighted by molar-refractivity contribution is 7.33. The van der Waals surface area contributed by atoms with E-state index in [1.54, 1.807) is 48.5 Å². The SMILES string of the molecule is CCCCCCCCCCCCC(=O)Oc1ccc(CO[P+](=O)OCc2ccc(OC(=O)CCCCCCCCCCCC)cc2)cc1. The van der Waals surface area contributed by atoms with E-state index < -0.39 is 8.25 Å². The molecule has 0 heterocycles. The molecule has 268 valence electrons. The summed E-state index contributed by atoms with van der Waals surface area (Å²) in [7, 11) is -2.33. The number of benzene rings is 2. The van der Waals surface area contributed by atoms with Crippen LogP contribution in [0.5, 0.6) is 11.5 Å². The van der Waals surface area contributed by atoms with Gasteiger partial charge in [-0.05, 0) is 48.2 Å². The standard InChI is InChI=1S/C40H62O7P/c1-3-5-7-9-11-13-15-17-19-21-23-39(41)46-37-29-25-35(26-30-37)33-44-48(43)45-34-36-27-31-38(32-28-36)47-40(42)24-22-20-18-16-14-12-10-8-6-4-2/h25-32H,3-24,33-34H2,1-2H3/q+1. The lowest BCUT2D eigenvalue weighted by molar-refractivity contribution is -0.135. The normalized spacial score (nSPS) is 11.0. The molecule has 0 aliphatic carbocycles. The van der Waals surface area contributed by atoms with E-state index in [0.29, 0.717) is 24.3 Å². The molecule has 0 bridgehead atoms. The first-order valence-electron chi connectivity index (χ1n) is 18.8. The molecular weight excluding hydrogens is 623 g/mol. The number of rotatable bonds is 30. The first-order valence-corrected chi connectivity index (χ1v) is 19.9. The van der Waals surface area contributed by atoms with Crippen LogP contribution in [-0.4, -0.2) is 11.9 Å². The average Bonchev–Trinajstić information content (AvgIpc) is 3.09. The third-order valence-electron chi connectivity index (χ3n) is 8.45. The van der Waals surface area contributed by atoms with E-state index in [4.69, 9.17) is 18.5 Å². The van der Waals surface area contributed by atoms with Crippen LogP contribution in [0.4, 0.5) is 0 Å². The Morgan fingerprint density at radius 2 is 0.750 bits per heavy atom. The molecule has 0 amide bonds. The van der Waals surface area contributed by atoms with E-state index in [0.717, 1.165) is 36.8 Å². The molecule has 2 rings (SSSR count). The van der Waals surface area contributed by atoms with Gasteiger partial charge in [0.05, 0.1) is 0 Å². The Bertz CT molecular complexity index is 1030. The number of carbonyl (C=O) groups excluding carboxylic acids is 2. The number of hydrogen-bond donors (Lipinski definition) is 0. The highest BCUT2D eigenvalue weighted by Gasteiger charge is 2.21. The van der Waals surface area contributed by atoms with Gasteiger partial charge in [-0.1, -0.05) is 154 Å². The van der Waals surface area contributed by atoms with Crippen molar-refractivity contribution in [2.75, 3.05) is 0 Å². The third-order valence-corrected chi connectivity index (χ3v) is 9.13. The summed E-state index contributed by atoms with van der Waals surface area (Å²) in [5.74, 6) is 0.546. The van der Waals surface area contributed by atoms with Gasteiger partial charge in [-0.15, -0.1) is 9.05 Å². The molecule has 7 nitrogen and oxygen atoms in total.